The molecule has 0 aromatic heterocycles. The molecule has 0 saturated carbocycles. The van der Waals surface area contributed by atoms with E-state index in [1.165, 1.54) is 70.6 Å². The minimum absolute atomic E-state index is 0.475. The molecule has 0 aliphatic heterocycles. The number of halogens is 1. The van der Waals surface area contributed by atoms with Gasteiger partial charge >= 0.3 is 0 Å². The summed E-state index contributed by atoms with van der Waals surface area (Å²) in [7, 11) is 0. The molecule has 0 spiro atoms. The van der Waals surface area contributed by atoms with Gasteiger partial charge < -0.3 is 0 Å². The Kier molecular flexibility index (Phi) is 16.7. The summed E-state index contributed by atoms with van der Waals surface area (Å²) in [6.45, 7) is 0. The second-order valence-electron chi connectivity index (χ2n) is 5.01. The highest BCUT2D eigenvalue weighted by Gasteiger charge is 1.93. The molecule has 0 N–H and O–H groups in total. The summed E-state index contributed by atoms with van der Waals surface area (Å²) < 4.78 is 11.7. The van der Waals surface area contributed by atoms with Crippen LogP contribution >= 0.6 is 12.1 Å². The lowest BCUT2D eigenvalue weighted by molar-refractivity contribution is 0.546. The van der Waals surface area contributed by atoms with E-state index >= 15 is 0 Å². The van der Waals surface area contributed by atoms with Crippen molar-refractivity contribution in [2.24, 2.45) is 0 Å². The van der Waals surface area contributed by atoms with Crippen LogP contribution in [0.15, 0.2) is 0 Å². The Balaban J connectivity index is 2.89. The standard InChI is InChI=1S/C16H29FS/c1-2-3-4-5-6-7-8-9-10-11-12-13-14-15-16-18-17/h1H,3-16H2. The molecule has 0 rings (SSSR count). The fourth-order valence-corrected chi connectivity index (χ4v) is 2.46. The molecule has 0 radical (unpaired) electrons. The van der Waals surface area contributed by atoms with Crippen molar-refractivity contribution < 1.29 is 3.89 Å². The maximum Gasteiger partial charge on any atom is 0.0443 e. The largest absolute Gasteiger partial charge is 0.165 e. The predicted molar refractivity (Wildman–Crippen MR) is 82.4 cm³/mol. The lowest BCUT2D eigenvalue weighted by Crippen LogP contribution is -1.83. The first kappa shape index (κ1) is 17.8. The van der Waals surface area contributed by atoms with Crippen LogP contribution in [0.5, 0.6) is 0 Å². The van der Waals surface area contributed by atoms with Gasteiger partial charge in [-0.2, -0.15) is 3.89 Å². The Morgan fingerprint density at radius 2 is 1.06 bits per heavy atom. The van der Waals surface area contributed by atoms with Crippen LogP contribution < -0.4 is 0 Å². The Bertz CT molecular complexity index is 186. The highest BCUT2D eigenvalue weighted by Crippen LogP contribution is 2.13. The first-order valence-corrected chi connectivity index (χ1v) is 8.47. The summed E-state index contributed by atoms with van der Waals surface area (Å²) in [6.07, 6.45) is 21.7. The maximum absolute atomic E-state index is 11.7. The van der Waals surface area contributed by atoms with Gasteiger partial charge in [0, 0.05) is 24.3 Å². The van der Waals surface area contributed by atoms with E-state index in [1.807, 2.05) is 0 Å². The second-order valence-corrected chi connectivity index (χ2v) is 5.64. The minimum Gasteiger partial charge on any atom is -0.165 e. The van der Waals surface area contributed by atoms with Gasteiger partial charge in [0.05, 0.1) is 0 Å². The molecule has 0 atom stereocenters. The van der Waals surface area contributed by atoms with Crippen molar-refractivity contribution in [3.05, 3.63) is 0 Å². The lowest BCUT2D eigenvalue weighted by atomic mass is 10.0. The average Bonchev–Trinajstić information content (AvgIpc) is 2.39. The Labute approximate surface area is 118 Å². The minimum atomic E-state index is 0.475. The van der Waals surface area contributed by atoms with Crippen LogP contribution in [-0.2, 0) is 0 Å². The Morgan fingerprint density at radius 3 is 1.44 bits per heavy atom. The molecule has 18 heavy (non-hydrogen) atoms. The molecule has 2 heteroatoms. The number of hydrogen-bond acceptors (Lipinski definition) is 1. The van der Waals surface area contributed by atoms with E-state index in [0.29, 0.717) is 17.9 Å². The number of unbranched alkanes of at least 4 members (excludes halogenated alkanes) is 12. The zero-order valence-electron chi connectivity index (χ0n) is 11.8. The number of hydrogen-bond donors (Lipinski definition) is 0. The average molecular weight is 272 g/mol. The molecule has 0 aromatic rings. The molecular formula is C16H29FS. The third-order valence-corrected chi connectivity index (χ3v) is 3.74. The number of rotatable bonds is 14. The third-order valence-electron chi connectivity index (χ3n) is 3.29. The van der Waals surface area contributed by atoms with Gasteiger partial charge in [0.25, 0.3) is 0 Å². The molecule has 106 valence electrons. The summed E-state index contributed by atoms with van der Waals surface area (Å²) in [6, 6.07) is 0. The molecule has 0 aromatic carbocycles. The van der Waals surface area contributed by atoms with Crippen LogP contribution in [0.4, 0.5) is 3.89 Å². The van der Waals surface area contributed by atoms with Crippen molar-refractivity contribution in [1.29, 1.82) is 0 Å². The molecular weight excluding hydrogens is 243 g/mol. The fourth-order valence-electron chi connectivity index (χ4n) is 2.15. The zero-order chi connectivity index (χ0) is 13.3. The van der Waals surface area contributed by atoms with Gasteiger partial charge in [-0.05, 0) is 12.8 Å². The van der Waals surface area contributed by atoms with Crippen LogP contribution in [0.25, 0.3) is 0 Å². The van der Waals surface area contributed by atoms with Crippen LogP contribution in [0.2, 0.25) is 0 Å². The van der Waals surface area contributed by atoms with Crippen molar-refractivity contribution in [3.63, 3.8) is 0 Å². The predicted octanol–water partition coefficient (Wildman–Crippen LogP) is 6.31. The zero-order valence-corrected chi connectivity index (χ0v) is 12.6. The van der Waals surface area contributed by atoms with Crippen LogP contribution in [0.1, 0.15) is 83.5 Å². The van der Waals surface area contributed by atoms with Gasteiger partial charge in [-0.3, -0.25) is 0 Å². The van der Waals surface area contributed by atoms with Crippen LogP contribution in [0, 0.1) is 12.3 Å². The highest BCUT2D eigenvalue weighted by molar-refractivity contribution is 7.94. The van der Waals surface area contributed by atoms with Gasteiger partial charge in [-0.1, -0.05) is 64.2 Å². The molecule has 0 aliphatic rings. The van der Waals surface area contributed by atoms with Gasteiger partial charge in [-0.15, -0.1) is 12.3 Å². The van der Waals surface area contributed by atoms with E-state index in [-0.39, 0.29) is 0 Å². The molecule has 0 saturated heterocycles. The second kappa shape index (κ2) is 16.8. The molecule has 0 nitrogen and oxygen atoms in total. The van der Waals surface area contributed by atoms with Crippen LogP contribution in [0.3, 0.4) is 0 Å². The molecule has 0 unspecified atom stereocenters. The SMILES string of the molecule is C#CCCCCCCCCCCCCCCSF. The van der Waals surface area contributed by atoms with E-state index < -0.39 is 0 Å². The quantitative estimate of drug-likeness (QED) is 0.264. The normalized spacial score (nSPS) is 10.4. The highest BCUT2D eigenvalue weighted by atomic mass is 32.2. The van der Waals surface area contributed by atoms with Gasteiger partial charge in [0.1, 0.15) is 0 Å². The van der Waals surface area contributed by atoms with E-state index in [2.05, 4.69) is 5.92 Å². The fraction of sp³-hybridized carbons (Fsp3) is 0.875. The van der Waals surface area contributed by atoms with E-state index in [0.717, 1.165) is 12.8 Å². The van der Waals surface area contributed by atoms with Crippen molar-refractivity contribution in [1.82, 2.24) is 0 Å². The van der Waals surface area contributed by atoms with Crippen molar-refractivity contribution in [2.45, 2.75) is 83.5 Å². The monoisotopic (exact) mass is 272 g/mol. The van der Waals surface area contributed by atoms with E-state index in [1.54, 1.807) is 0 Å². The summed E-state index contributed by atoms with van der Waals surface area (Å²) in [5.41, 5.74) is 0. The molecule has 0 bridgehead atoms. The van der Waals surface area contributed by atoms with Gasteiger partial charge in [-0.25, -0.2) is 0 Å². The van der Waals surface area contributed by atoms with Crippen molar-refractivity contribution in [2.75, 3.05) is 5.75 Å². The topological polar surface area (TPSA) is 0 Å². The Hall–Kier alpha value is -0.160. The van der Waals surface area contributed by atoms with Crippen molar-refractivity contribution >= 4 is 12.1 Å². The number of terminal acetylenes is 1. The molecule has 0 fully saturated rings. The summed E-state index contributed by atoms with van der Waals surface area (Å²) >= 11 is 0.475. The molecule has 0 heterocycles. The summed E-state index contributed by atoms with van der Waals surface area (Å²) in [5.74, 6) is 3.37. The first-order chi connectivity index (χ1) is 8.91. The maximum atomic E-state index is 11.7. The summed E-state index contributed by atoms with van der Waals surface area (Å²) in [5, 5.41) is 0. The summed E-state index contributed by atoms with van der Waals surface area (Å²) in [4.78, 5) is 0. The Morgan fingerprint density at radius 1 is 0.667 bits per heavy atom. The lowest BCUT2D eigenvalue weighted by Gasteiger charge is -2.02. The van der Waals surface area contributed by atoms with Crippen molar-refractivity contribution in [3.8, 4) is 12.3 Å². The molecule has 0 amide bonds. The third kappa shape index (κ3) is 15.8. The first-order valence-electron chi connectivity index (χ1n) is 7.59. The molecule has 0 aliphatic carbocycles. The van der Waals surface area contributed by atoms with Gasteiger partial charge in [0.15, 0.2) is 0 Å². The van der Waals surface area contributed by atoms with E-state index in [4.69, 9.17) is 6.42 Å². The van der Waals surface area contributed by atoms with Crippen LogP contribution in [-0.4, -0.2) is 5.75 Å². The van der Waals surface area contributed by atoms with Gasteiger partial charge in [0.2, 0.25) is 0 Å². The van der Waals surface area contributed by atoms with E-state index in [9.17, 15) is 3.89 Å². The smallest absolute Gasteiger partial charge is 0.0443 e.